The van der Waals surface area contributed by atoms with Gasteiger partial charge in [0.15, 0.2) is 14.1 Å². The van der Waals surface area contributed by atoms with Crippen LogP contribution in [-0.4, -0.2) is 20.7 Å². The van der Waals surface area contributed by atoms with Gasteiger partial charge in [0.1, 0.15) is 0 Å². The van der Waals surface area contributed by atoms with E-state index in [1.807, 2.05) is 0 Å². The third-order valence-corrected chi connectivity index (χ3v) is 17.1. The van der Waals surface area contributed by atoms with Crippen molar-refractivity contribution in [3.8, 4) is 0 Å². The minimum absolute atomic E-state index is 0.302. The van der Waals surface area contributed by atoms with E-state index >= 15 is 0 Å². The van der Waals surface area contributed by atoms with Gasteiger partial charge in [0.2, 0.25) is 0 Å². The number of hydrogen-bond acceptors (Lipinski definition) is 2. The lowest BCUT2D eigenvalue weighted by atomic mass is 9.46. The Labute approximate surface area is 224 Å². The van der Waals surface area contributed by atoms with Crippen LogP contribution in [0.2, 0.25) is 18.1 Å². The number of ketones is 1. The maximum Gasteiger partial charge on any atom is 0.191 e. The zero-order valence-corrected chi connectivity index (χ0v) is 26.3. The third-order valence-electron chi connectivity index (χ3n) is 12.6. The number of rotatable bonds is 8. The molecule has 2 nitrogen and oxygen atoms in total. The molecule has 3 fully saturated rings. The lowest BCUT2D eigenvalue weighted by Crippen LogP contribution is -2.50. The second kappa shape index (κ2) is 10.3. The van der Waals surface area contributed by atoms with Crippen LogP contribution in [0.25, 0.3) is 0 Å². The first-order chi connectivity index (χ1) is 16.7. The summed E-state index contributed by atoms with van der Waals surface area (Å²) in [7, 11) is -1.63. The van der Waals surface area contributed by atoms with Crippen molar-refractivity contribution in [2.24, 2.45) is 46.3 Å². The first kappa shape index (κ1) is 28.6. The minimum Gasteiger partial charge on any atom is -0.417 e. The molecule has 0 radical (unpaired) electrons. The van der Waals surface area contributed by atoms with Crippen LogP contribution < -0.4 is 0 Å². The zero-order valence-electron chi connectivity index (χ0n) is 25.3. The van der Waals surface area contributed by atoms with E-state index in [4.69, 9.17) is 4.43 Å². The van der Waals surface area contributed by atoms with Gasteiger partial charge in [0.05, 0.1) is 0 Å². The number of hydrogen-bond donors (Lipinski definition) is 0. The lowest BCUT2D eigenvalue weighted by Gasteiger charge is -2.58. The molecular weight excluding hydrogens is 456 g/mol. The monoisotopic (exact) mass is 514 g/mol. The van der Waals surface area contributed by atoms with Crippen LogP contribution >= 0.6 is 0 Å². The van der Waals surface area contributed by atoms with Gasteiger partial charge in [-0.15, -0.1) is 0 Å². The van der Waals surface area contributed by atoms with E-state index < -0.39 is 8.32 Å². The fraction of sp³-hybridized carbons (Fsp3) is 0.909. The zero-order chi connectivity index (χ0) is 26.5. The molecule has 0 aromatic heterocycles. The summed E-state index contributed by atoms with van der Waals surface area (Å²) in [4.78, 5) is 12.1. The smallest absolute Gasteiger partial charge is 0.191 e. The van der Waals surface area contributed by atoms with Gasteiger partial charge in [0, 0.05) is 13.0 Å². The molecule has 0 heterocycles. The Morgan fingerprint density at radius 1 is 1.00 bits per heavy atom. The summed E-state index contributed by atoms with van der Waals surface area (Å²) in [5, 5.41) is 0.302. The SMILES string of the molecule is C[C@H](CCC[C@@H](C)[C@H]1CC[C@H]2[C@@H]3CCC4=CC(=O)CC[C@]4(C)[C@H]3CC[C@]12C)CO[Si](C)(C)C(C)(C)C. The molecule has 0 aromatic rings. The molecule has 0 aliphatic heterocycles. The highest BCUT2D eigenvalue weighted by Crippen LogP contribution is 2.67. The van der Waals surface area contributed by atoms with E-state index in [2.05, 4.69) is 67.6 Å². The van der Waals surface area contributed by atoms with Gasteiger partial charge in [-0.1, -0.05) is 66.9 Å². The van der Waals surface area contributed by atoms with Gasteiger partial charge in [-0.2, -0.15) is 0 Å². The summed E-state index contributed by atoms with van der Waals surface area (Å²) < 4.78 is 6.52. The van der Waals surface area contributed by atoms with Crippen LogP contribution in [0.1, 0.15) is 119 Å². The number of allylic oxidation sites excluding steroid dienone is 1. The number of carbonyl (C=O) groups excluding carboxylic acids is 1. The van der Waals surface area contributed by atoms with Crippen LogP contribution in [0.3, 0.4) is 0 Å². The molecule has 4 aliphatic carbocycles. The summed E-state index contributed by atoms with van der Waals surface area (Å²) in [5.41, 5.74) is 2.36. The Kier molecular flexibility index (Phi) is 8.17. The third kappa shape index (κ3) is 5.23. The molecule has 4 rings (SSSR count). The summed E-state index contributed by atoms with van der Waals surface area (Å²) in [6.45, 7) is 22.9. The van der Waals surface area contributed by atoms with Crippen LogP contribution in [0.15, 0.2) is 11.6 Å². The fourth-order valence-electron chi connectivity index (χ4n) is 9.17. The predicted molar refractivity (Wildman–Crippen MR) is 156 cm³/mol. The topological polar surface area (TPSA) is 26.3 Å². The Balaban J connectivity index is 1.31. The number of fused-ring (bicyclic) bond motifs is 5. The molecule has 3 heteroatoms. The summed E-state index contributed by atoms with van der Waals surface area (Å²) in [5.74, 6) is 5.42. The quantitative estimate of drug-likeness (QED) is 0.301. The highest BCUT2D eigenvalue weighted by Gasteiger charge is 2.59. The molecule has 3 saturated carbocycles. The number of carbonyl (C=O) groups is 1. The van der Waals surface area contributed by atoms with Crippen molar-refractivity contribution >= 4 is 14.1 Å². The van der Waals surface area contributed by atoms with E-state index in [1.165, 1.54) is 63.4 Å². The average molecular weight is 515 g/mol. The first-order valence-corrected chi connectivity index (χ1v) is 18.5. The normalized spacial score (nSPS) is 38.6. The van der Waals surface area contributed by atoms with Crippen LogP contribution in [0, 0.1) is 46.3 Å². The molecule has 0 amide bonds. The van der Waals surface area contributed by atoms with E-state index in [0.29, 0.717) is 27.6 Å². The Morgan fingerprint density at radius 2 is 1.72 bits per heavy atom. The first-order valence-electron chi connectivity index (χ1n) is 15.6. The van der Waals surface area contributed by atoms with Gasteiger partial charge in [-0.3, -0.25) is 4.79 Å². The molecular formula is C33H58O2Si. The van der Waals surface area contributed by atoms with Gasteiger partial charge in [-0.25, -0.2) is 0 Å². The maximum atomic E-state index is 12.1. The Bertz CT molecular complexity index is 837. The molecule has 36 heavy (non-hydrogen) atoms. The highest BCUT2D eigenvalue weighted by atomic mass is 28.4. The molecule has 0 saturated heterocycles. The average Bonchev–Trinajstić information content (AvgIpc) is 3.15. The van der Waals surface area contributed by atoms with Crippen molar-refractivity contribution in [3.05, 3.63) is 11.6 Å². The minimum atomic E-state index is -1.63. The van der Waals surface area contributed by atoms with Crippen molar-refractivity contribution in [2.75, 3.05) is 6.61 Å². The van der Waals surface area contributed by atoms with Crippen molar-refractivity contribution in [3.63, 3.8) is 0 Å². The van der Waals surface area contributed by atoms with E-state index in [0.717, 1.165) is 49.0 Å². The van der Waals surface area contributed by atoms with Crippen LogP contribution in [0.5, 0.6) is 0 Å². The summed E-state index contributed by atoms with van der Waals surface area (Å²) in [6.07, 6.45) is 16.2. The van der Waals surface area contributed by atoms with Crippen LogP contribution in [-0.2, 0) is 9.22 Å². The summed E-state index contributed by atoms with van der Waals surface area (Å²) >= 11 is 0. The fourth-order valence-corrected chi connectivity index (χ4v) is 10.3. The largest absolute Gasteiger partial charge is 0.417 e. The van der Waals surface area contributed by atoms with Gasteiger partial charge < -0.3 is 4.43 Å². The molecule has 0 bridgehead atoms. The highest BCUT2D eigenvalue weighted by molar-refractivity contribution is 6.74. The van der Waals surface area contributed by atoms with E-state index in [-0.39, 0.29) is 0 Å². The standard InChI is InChI=1S/C33H58O2Si/c1-23(22-35-36(8,9)31(3,4)5)11-10-12-24(2)28-15-16-29-27-14-13-25-21-26(34)17-19-32(25,6)30(27)18-20-33(28,29)7/h21,23-24,27-30H,10-20,22H2,1-9H3/t23-,24-,27+,28-,29+,30+,32+,33-/m1/s1. The molecule has 0 N–H and O–H groups in total. The van der Waals surface area contributed by atoms with Crippen molar-refractivity contribution in [2.45, 2.75) is 137 Å². The van der Waals surface area contributed by atoms with E-state index in [1.54, 1.807) is 0 Å². The molecule has 8 atom stereocenters. The van der Waals surface area contributed by atoms with Crippen molar-refractivity contribution in [1.29, 1.82) is 0 Å². The second-order valence-corrected chi connectivity index (χ2v) is 20.6. The molecule has 206 valence electrons. The van der Waals surface area contributed by atoms with Crippen molar-refractivity contribution < 1.29 is 9.22 Å². The van der Waals surface area contributed by atoms with Gasteiger partial charge >= 0.3 is 0 Å². The molecule has 4 aliphatic rings. The molecule has 0 spiro atoms. The maximum absolute atomic E-state index is 12.1. The molecule has 0 aromatic carbocycles. The lowest BCUT2D eigenvalue weighted by molar-refractivity contribution is -0.117. The predicted octanol–water partition coefficient (Wildman–Crippen LogP) is 9.60. The van der Waals surface area contributed by atoms with E-state index in [9.17, 15) is 4.79 Å². The van der Waals surface area contributed by atoms with Crippen LogP contribution in [0.4, 0.5) is 0 Å². The Morgan fingerprint density at radius 3 is 2.42 bits per heavy atom. The van der Waals surface area contributed by atoms with Gasteiger partial charge in [0.25, 0.3) is 0 Å². The van der Waals surface area contributed by atoms with Crippen molar-refractivity contribution in [1.82, 2.24) is 0 Å². The Hall–Kier alpha value is -0.413. The second-order valence-electron chi connectivity index (χ2n) is 15.8. The molecule has 0 unspecified atom stereocenters. The summed E-state index contributed by atoms with van der Waals surface area (Å²) in [6, 6.07) is 0. The van der Waals surface area contributed by atoms with Gasteiger partial charge in [-0.05, 0) is 122 Å².